The van der Waals surface area contributed by atoms with E-state index < -0.39 is 13.4 Å². The van der Waals surface area contributed by atoms with Gasteiger partial charge in [0.2, 0.25) is 5.31 Å². The molecule has 62 heavy (non-hydrogen) atoms. The van der Waals surface area contributed by atoms with Crippen molar-refractivity contribution in [1.82, 2.24) is 0 Å². The Balaban J connectivity index is 2.17. The van der Waals surface area contributed by atoms with Gasteiger partial charge in [-0.15, -0.1) is 0 Å². The summed E-state index contributed by atoms with van der Waals surface area (Å²) in [4.78, 5) is 2.52. The van der Waals surface area contributed by atoms with E-state index in [2.05, 4.69) is 133 Å². The van der Waals surface area contributed by atoms with E-state index in [0.717, 1.165) is 61.5 Å². The number of thiocarbonyl (C=S) groups is 3. The van der Waals surface area contributed by atoms with Crippen molar-refractivity contribution in [2.24, 2.45) is 51.8 Å². The van der Waals surface area contributed by atoms with Gasteiger partial charge in [0.1, 0.15) is 0 Å². The fraction of sp³-hybridized carbons (Fsp3) is 0.596. The number of aliphatic hydroxyl groups excluding tert-OH is 3. The molecule has 6 atom stereocenters. The molecule has 0 radical (unpaired) electrons. The van der Waals surface area contributed by atoms with E-state index in [1.807, 2.05) is 18.2 Å². The van der Waals surface area contributed by atoms with Gasteiger partial charge in [-0.05, 0) is 134 Å². The number of aryl methyl sites for hydroxylation is 1. The maximum absolute atomic E-state index is 9.96. The first-order valence-corrected chi connectivity index (χ1v) is 25.4. The van der Waals surface area contributed by atoms with Gasteiger partial charge in [0, 0.05) is 68.9 Å². The number of hydrogen-bond acceptors (Lipinski definition) is 9. The Bertz CT molecular complexity index is 1910. The Kier molecular flexibility index (Phi) is 18.3. The van der Waals surface area contributed by atoms with Crippen molar-refractivity contribution in [3.63, 3.8) is 0 Å². The molecule has 1 aromatic carbocycles. The van der Waals surface area contributed by atoms with E-state index in [9.17, 15) is 15.3 Å². The molecule has 0 aromatic heterocycles. The Labute approximate surface area is 391 Å². The average Bonchev–Trinajstić information content (AvgIpc) is 3.13. The lowest BCUT2D eigenvalue weighted by Gasteiger charge is -2.38. The van der Waals surface area contributed by atoms with Crippen LogP contribution in [0.2, 0.25) is 0 Å². The van der Waals surface area contributed by atoms with E-state index in [1.54, 1.807) is 0 Å². The first-order valence-electron chi connectivity index (χ1n) is 22.6. The summed E-state index contributed by atoms with van der Waals surface area (Å²) in [5.41, 5.74) is 2.78. The molecule has 3 aliphatic rings. The van der Waals surface area contributed by atoms with Crippen LogP contribution in [-0.2, 0) is 9.05 Å². The van der Waals surface area contributed by atoms with Crippen LogP contribution in [0.1, 0.15) is 127 Å². The predicted octanol–water partition coefficient (Wildman–Crippen LogP) is 14.0. The fourth-order valence-electron chi connectivity index (χ4n) is 8.35. The maximum Gasteiger partial charge on any atom is 0.580 e. The van der Waals surface area contributed by atoms with Gasteiger partial charge in [-0.1, -0.05) is 132 Å². The molecule has 10 heteroatoms. The summed E-state index contributed by atoms with van der Waals surface area (Å²) in [6.45, 7) is 28.5. The molecule has 6 nitrogen and oxygen atoms in total. The molecule has 0 saturated heterocycles. The molecule has 0 fully saturated rings. The number of aliphatic hydroxyl groups is 3. The van der Waals surface area contributed by atoms with E-state index in [4.69, 9.17) is 50.2 Å². The van der Waals surface area contributed by atoms with Crippen molar-refractivity contribution >= 4 is 59.2 Å². The summed E-state index contributed by atoms with van der Waals surface area (Å²) in [5.74, 6) is 2.25. The quantitative estimate of drug-likeness (QED) is 0.0927. The SMILES string of the molecule is Cc1cccc(O[P+](OC2=CC(CC(C)CCO)C(=S)C=C2C(C)(C)C)(OC2=CC(CC(C)CCO)C(=S)C=C2C(C)(C)C)C2=CC(CC(C)CCO)C(=S)C=C2C(C)(C)C)c1. The third-order valence-corrected chi connectivity index (χ3v) is 15.6. The summed E-state index contributed by atoms with van der Waals surface area (Å²) in [7, 11) is -3.83. The van der Waals surface area contributed by atoms with Crippen LogP contribution in [0.15, 0.2) is 94.3 Å². The molecule has 1 aromatic rings. The number of benzene rings is 1. The first-order chi connectivity index (χ1) is 28.8. The zero-order chi connectivity index (χ0) is 46.4. The summed E-state index contributed by atoms with van der Waals surface area (Å²) in [6, 6.07) is 8.06. The molecule has 0 bridgehead atoms. The van der Waals surface area contributed by atoms with Gasteiger partial charge in [0.25, 0.3) is 0 Å². The highest BCUT2D eigenvalue weighted by atomic mass is 32.1. The van der Waals surface area contributed by atoms with Crippen molar-refractivity contribution in [3.8, 4) is 5.75 Å². The van der Waals surface area contributed by atoms with Crippen LogP contribution in [0.3, 0.4) is 0 Å². The first kappa shape index (κ1) is 52.3. The highest BCUT2D eigenvalue weighted by Gasteiger charge is 2.61. The normalized spacial score (nSPS) is 22.6. The zero-order valence-corrected chi connectivity index (χ0v) is 43.2. The van der Waals surface area contributed by atoms with Crippen molar-refractivity contribution in [3.05, 3.63) is 99.8 Å². The minimum absolute atomic E-state index is 0.103. The Morgan fingerprint density at radius 1 is 0.565 bits per heavy atom. The lowest BCUT2D eigenvalue weighted by molar-refractivity contribution is 0.249. The monoisotopic (exact) mass is 923 g/mol. The molecule has 6 unspecified atom stereocenters. The van der Waals surface area contributed by atoms with Gasteiger partial charge >= 0.3 is 7.94 Å². The van der Waals surface area contributed by atoms with Crippen LogP contribution in [0.25, 0.3) is 0 Å². The van der Waals surface area contributed by atoms with Crippen molar-refractivity contribution < 1.29 is 28.9 Å². The second kappa shape index (κ2) is 21.8. The number of rotatable bonds is 19. The Morgan fingerprint density at radius 2 is 0.935 bits per heavy atom. The zero-order valence-electron chi connectivity index (χ0n) is 39.8. The molecule has 3 N–H and O–H groups in total. The summed E-state index contributed by atoms with van der Waals surface area (Å²) in [6.07, 6.45) is 17.3. The third kappa shape index (κ3) is 13.8. The molecule has 0 saturated carbocycles. The lowest BCUT2D eigenvalue weighted by Crippen LogP contribution is -2.29. The highest BCUT2D eigenvalue weighted by Crippen LogP contribution is 2.75. The van der Waals surface area contributed by atoms with Crippen LogP contribution in [0, 0.1) is 58.7 Å². The second-order valence-corrected chi connectivity index (χ2v) is 24.7. The molecule has 0 amide bonds. The van der Waals surface area contributed by atoms with Crippen LogP contribution in [-0.4, -0.2) is 49.7 Å². The van der Waals surface area contributed by atoms with Crippen LogP contribution in [0.4, 0.5) is 0 Å². The van der Waals surface area contributed by atoms with Gasteiger partial charge < -0.3 is 15.3 Å². The van der Waals surface area contributed by atoms with Crippen LogP contribution >= 0.6 is 44.6 Å². The highest BCUT2D eigenvalue weighted by molar-refractivity contribution is 7.81. The van der Waals surface area contributed by atoms with Gasteiger partial charge in [-0.3, -0.25) is 13.6 Å². The van der Waals surface area contributed by atoms with E-state index in [1.165, 1.54) is 0 Å². The predicted molar refractivity (Wildman–Crippen MR) is 272 cm³/mol. The Morgan fingerprint density at radius 3 is 1.29 bits per heavy atom. The summed E-state index contributed by atoms with van der Waals surface area (Å²) >= 11 is 18.5. The van der Waals surface area contributed by atoms with Crippen molar-refractivity contribution in [2.75, 3.05) is 19.8 Å². The van der Waals surface area contributed by atoms with Crippen LogP contribution < -0.4 is 4.52 Å². The van der Waals surface area contributed by atoms with E-state index in [-0.39, 0.29) is 66.2 Å². The molecular weight excluding hydrogens is 848 g/mol. The van der Waals surface area contributed by atoms with E-state index >= 15 is 0 Å². The summed E-state index contributed by atoms with van der Waals surface area (Å²) in [5, 5.41) is 30.5. The lowest BCUT2D eigenvalue weighted by atomic mass is 9.78. The summed E-state index contributed by atoms with van der Waals surface area (Å²) < 4.78 is 23.3. The molecule has 3 aliphatic carbocycles. The van der Waals surface area contributed by atoms with Gasteiger partial charge in [0.05, 0.1) is 0 Å². The number of hydrogen-bond donors (Lipinski definition) is 3. The van der Waals surface area contributed by atoms with Crippen molar-refractivity contribution in [2.45, 2.75) is 129 Å². The second-order valence-electron chi connectivity index (χ2n) is 21.2. The van der Waals surface area contributed by atoms with Crippen molar-refractivity contribution in [1.29, 1.82) is 0 Å². The van der Waals surface area contributed by atoms with Crippen LogP contribution in [0.5, 0.6) is 5.75 Å². The third-order valence-electron chi connectivity index (χ3n) is 12.0. The molecule has 0 spiro atoms. The topological polar surface area (TPSA) is 88.4 Å². The number of allylic oxidation sites excluding steroid dienone is 10. The van der Waals surface area contributed by atoms with Gasteiger partial charge in [-0.25, -0.2) is 0 Å². The minimum atomic E-state index is -3.83. The smallest absolute Gasteiger partial charge is 0.396 e. The molecule has 4 rings (SSSR count). The molecule has 342 valence electrons. The molecule has 0 heterocycles. The standard InChI is InChI=1S/C52H76O6PS3/c1-33-15-14-16-40(26-33)56-59(46-29-39(25-36(4)19-22-55)49(62)32-43(46)52(11,12)13,57-44-27-37(23-34(2)17-20-53)47(60)30-41(44)50(5,6)7)58-45-28-38(24-35(3)18-21-54)48(61)31-42(45)51(8,9)10/h14-16,26-32,34-39,53-55H,17-25H2,1-13H3/q+1. The molecular formula is C52H76O6PS3+. The van der Waals surface area contributed by atoms with E-state index in [0.29, 0.717) is 36.5 Å². The Hall–Kier alpha value is -2.36. The largest absolute Gasteiger partial charge is 0.580 e. The van der Waals surface area contributed by atoms with Gasteiger partial charge in [0.15, 0.2) is 17.3 Å². The minimum Gasteiger partial charge on any atom is -0.396 e. The maximum atomic E-state index is 9.96. The van der Waals surface area contributed by atoms with Gasteiger partial charge in [-0.2, -0.15) is 0 Å². The fourth-order valence-corrected chi connectivity index (χ4v) is 11.9. The average molecular weight is 924 g/mol. The molecule has 0 aliphatic heterocycles.